The average molecular weight is 559 g/mol. The highest BCUT2D eigenvalue weighted by molar-refractivity contribution is 8.00. The molecular weight excluding hydrogens is 542 g/mol. The molecule has 7 nitrogen and oxygen atoms in total. The number of benzene rings is 2. The third kappa shape index (κ3) is 5.80. The van der Waals surface area contributed by atoms with Gasteiger partial charge in [-0.1, -0.05) is 46.6 Å². The largest absolute Gasteiger partial charge is 0.394 e. The number of nitrogens with zero attached hydrogens (tertiary/aromatic N) is 2. The fraction of sp³-hybridized carbons (Fsp3) is 0.300. The maximum absolute atomic E-state index is 13.6. The Labute approximate surface area is 211 Å². The van der Waals surface area contributed by atoms with Crippen molar-refractivity contribution in [2.24, 2.45) is 15.9 Å². The number of ether oxygens (including phenoxy) is 1. The summed E-state index contributed by atoms with van der Waals surface area (Å²) in [5.41, 5.74) is -1.57. The van der Waals surface area contributed by atoms with Crippen LogP contribution in [0.25, 0.3) is 0 Å². The third-order valence-electron chi connectivity index (χ3n) is 4.85. The van der Waals surface area contributed by atoms with E-state index in [0.717, 1.165) is 18.0 Å². The summed E-state index contributed by atoms with van der Waals surface area (Å²) in [4.78, 5) is 4.46. The lowest BCUT2D eigenvalue weighted by Gasteiger charge is -2.40. The summed E-state index contributed by atoms with van der Waals surface area (Å²) in [7, 11) is 0. The van der Waals surface area contributed by atoms with Crippen molar-refractivity contribution >= 4 is 58.5 Å². The van der Waals surface area contributed by atoms with Gasteiger partial charge in [-0.3, -0.25) is 4.99 Å². The van der Waals surface area contributed by atoms with E-state index in [9.17, 15) is 28.5 Å². The van der Waals surface area contributed by atoms with Crippen LogP contribution in [-0.4, -0.2) is 63.6 Å². The van der Waals surface area contributed by atoms with Crippen LogP contribution >= 0.6 is 46.6 Å². The smallest absolute Gasteiger partial charge is 0.194 e. The zero-order valence-corrected chi connectivity index (χ0v) is 20.0. The standard InChI is InChI=1S/C20H17Cl3F3N3O4S/c21-8-3-10(23)15(4-9(8)22)34-20-19(32)17(18(31)14(6-30)33-20)28-5-13(29-27)7-1-11(24)16(26)12(25)2-7/h1-5,14,17-20,30-32H,6,27H2/t14?,17?,18-,19?,20+/m0/s1. The Morgan fingerprint density at radius 3 is 2.24 bits per heavy atom. The Morgan fingerprint density at radius 2 is 1.65 bits per heavy atom. The van der Waals surface area contributed by atoms with E-state index in [0.29, 0.717) is 17.0 Å². The van der Waals surface area contributed by atoms with Crippen LogP contribution in [0.2, 0.25) is 15.1 Å². The number of aliphatic imine (C=N–C) groups is 1. The third-order valence-corrected chi connectivity index (χ3v) is 7.21. The van der Waals surface area contributed by atoms with Gasteiger partial charge < -0.3 is 25.9 Å². The topological polar surface area (TPSA) is 121 Å². The van der Waals surface area contributed by atoms with E-state index in [1.54, 1.807) is 0 Å². The van der Waals surface area contributed by atoms with Crippen molar-refractivity contribution in [1.82, 2.24) is 0 Å². The van der Waals surface area contributed by atoms with E-state index >= 15 is 0 Å². The first kappa shape index (κ1) is 27.0. The summed E-state index contributed by atoms with van der Waals surface area (Å²) < 4.78 is 46.0. The molecule has 0 spiro atoms. The molecule has 2 aromatic carbocycles. The average Bonchev–Trinajstić information content (AvgIpc) is 2.79. The highest BCUT2D eigenvalue weighted by Gasteiger charge is 2.44. The van der Waals surface area contributed by atoms with Crippen LogP contribution in [0.4, 0.5) is 13.2 Å². The molecular formula is C20H17Cl3F3N3O4S. The first-order chi connectivity index (χ1) is 16.1. The van der Waals surface area contributed by atoms with Gasteiger partial charge in [0.25, 0.3) is 0 Å². The summed E-state index contributed by atoms with van der Waals surface area (Å²) >= 11 is 19.1. The number of hydrogen-bond donors (Lipinski definition) is 4. The first-order valence-electron chi connectivity index (χ1n) is 9.47. The van der Waals surface area contributed by atoms with Crippen LogP contribution in [0.3, 0.4) is 0 Å². The molecule has 5 N–H and O–H groups in total. The van der Waals surface area contributed by atoms with E-state index in [2.05, 4.69) is 10.1 Å². The van der Waals surface area contributed by atoms with Crippen LogP contribution in [0, 0.1) is 17.5 Å². The van der Waals surface area contributed by atoms with E-state index in [-0.39, 0.29) is 26.3 Å². The van der Waals surface area contributed by atoms with Gasteiger partial charge in [0.1, 0.15) is 35.5 Å². The number of hydrogen-bond acceptors (Lipinski definition) is 8. The van der Waals surface area contributed by atoms with E-state index in [4.69, 9.17) is 45.4 Å². The van der Waals surface area contributed by atoms with Crippen molar-refractivity contribution in [2.75, 3.05) is 6.61 Å². The van der Waals surface area contributed by atoms with Gasteiger partial charge >= 0.3 is 0 Å². The molecule has 14 heteroatoms. The monoisotopic (exact) mass is 557 g/mol. The zero-order chi connectivity index (χ0) is 25.2. The summed E-state index contributed by atoms with van der Waals surface area (Å²) in [6, 6.07) is 2.91. The summed E-state index contributed by atoms with van der Waals surface area (Å²) in [6.07, 6.45) is -3.12. The molecule has 2 aromatic rings. The Kier molecular flexibility index (Phi) is 9.10. The highest BCUT2D eigenvalue weighted by Crippen LogP contribution is 2.40. The van der Waals surface area contributed by atoms with Gasteiger partial charge in [-0.2, -0.15) is 5.10 Å². The van der Waals surface area contributed by atoms with E-state index in [1.807, 2.05) is 0 Å². The van der Waals surface area contributed by atoms with Crippen molar-refractivity contribution in [1.29, 1.82) is 0 Å². The summed E-state index contributed by atoms with van der Waals surface area (Å²) in [5.74, 6) is 0.679. The van der Waals surface area contributed by atoms with Gasteiger partial charge in [-0.15, -0.1) is 0 Å². The van der Waals surface area contributed by atoms with Crippen molar-refractivity contribution in [3.63, 3.8) is 0 Å². The minimum Gasteiger partial charge on any atom is -0.394 e. The lowest BCUT2D eigenvalue weighted by atomic mass is 9.98. The lowest BCUT2D eigenvalue weighted by molar-refractivity contribution is -0.159. The maximum Gasteiger partial charge on any atom is 0.194 e. The molecule has 34 heavy (non-hydrogen) atoms. The van der Waals surface area contributed by atoms with Gasteiger partial charge in [0.2, 0.25) is 0 Å². The Bertz CT molecular complexity index is 1100. The van der Waals surface area contributed by atoms with Crippen molar-refractivity contribution in [3.05, 3.63) is 62.3 Å². The fourth-order valence-corrected chi connectivity index (χ4v) is 4.95. The number of nitrogens with two attached hydrogens (primary N) is 1. The van der Waals surface area contributed by atoms with Crippen LogP contribution < -0.4 is 5.84 Å². The number of aliphatic hydroxyl groups excluding tert-OH is 3. The molecule has 1 aliphatic heterocycles. The molecule has 0 saturated carbocycles. The number of aliphatic hydroxyl groups is 3. The molecule has 1 heterocycles. The Balaban J connectivity index is 1.88. The minimum atomic E-state index is -1.67. The molecule has 0 amide bonds. The molecule has 3 rings (SSSR count). The Morgan fingerprint density at radius 1 is 1.03 bits per heavy atom. The van der Waals surface area contributed by atoms with Crippen LogP contribution in [-0.2, 0) is 4.74 Å². The highest BCUT2D eigenvalue weighted by atomic mass is 35.5. The second-order valence-electron chi connectivity index (χ2n) is 7.06. The fourth-order valence-electron chi connectivity index (χ4n) is 3.10. The predicted octanol–water partition coefficient (Wildman–Crippen LogP) is 3.40. The van der Waals surface area contributed by atoms with E-state index < -0.39 is 53.8 Å². The van der Waals surface area contributed by atoms with Gasteiger partial charge in [0, 0.05) is 16.7 Å². The SMILES string of the molecule is NN=C(C=NC1C(O)[C@@H](Sc2cc(Cl)c(Cl)cc2Cl)OC(CO)[C@@H]1O)c1cc(F)c(F)c(F)c1. The molecule has 184 valence electrons. The van der Waals surface area contributed by atoms with Gasteiger partial charge in [-0.05, 0) is 24.3 Å². The second-order valence-corrected chi connectivity index (χ2v) is 9.42. The Hall–Kier alpha value is -1.57. The zero-order valence-electron chi connectivity index (χ0n) is 16.9. The lowest BCUT2D eigenvalue weighted by Crippen LogP contribution is -2.56. The molecule has 1 saturated heterocycles. The van der Waals surface area contributed by atoms with Crippen LogP contribution in [0.15, 0.2) is 39.3 Å². The molecule has 5 atom stereocenters. The number of thioether (sulfide) groups is 1. The molecule has 1 aliphatic rings. The van der Waals surface area contributed by atoms with Gasteiger partial charge in [-0.25, -0.2) is 13.2 Å². The summed E-state index contributed by atoms with van der Waals surface area (Å²) in [5, 5.41) is 35.0. The molecule has 1 fully saturated rings. The van der Waals surface area contributed by atoms with Crippen LogP contribution in [0.1, 0.15) is 5.56 Å². The first-order valence-corrected chi connectivity index (χ1v) is 11.5. The quantitative estimate of drug-likeness (QED) is 0.142. The number of rotatable bonds is 6. The van der Waals surface area contributed by atoms with E-state index in [1.165, 1.54) is 12.1 Å². The van der Waals surface area contributed by atoms with Crippen molar-refractivity contribution in [3.8, 4) is 0 Å². The van der Waals surface area contributed by atoms with Gasteiger partial charge in [0.15, 0.2) is 17.5 Å². The summed E-state index contributed by atoms with van der Waals surface area (Å²) in [6.45, 7) is -0.613. The van der Waals surface area contributed by atoms with Crippen LogP contribution in [0.5, 0.6) is 0 Å². The minimum absolute atomic E-state index is 0.203. The van der Waals surface area contributed by atoms with Crippen molar-refractivity contribution < 1.29 is 33.2 Å². The molecule has 0 bridgehead atoms. The molecule has 0 aliphatic carbocycles. The van der Waals surface area contributed by atoms with Gasteiger partial charge in [0.05, 0.1) is 21.7 Å². The molecule has 0 radical (unpaired) electrons. The van der Waals surface area contributed by atoms with Crippen molar-refractivity contribution in [2.45, 2.75) is 34.7 Å². The molecule has 3 unspecified atom stereocenters. The maximum atomic E-state index is 13.6. The number of hydrazone groups is 1. The predicted molar refractivity (Wildman–Crippen MR) is 124 cm³/mol. The normalized spacial score (nSPS) is 25.8. The molecule has 0 aromatic heterocycles. The number of halogens is 6. The second kappa shape index (κ2) is 11.4.